The predicted molar refractivity (Wildman–Crippen MR) is 213 cm³/mol. The van der Waals surface area contributed by atoms with Crippen molar-refractivity contribution in [3.05, 3.63) is 71.8 Å². The summed E-state index contributed by atoms with van der Waals surface area (Å²) in [6, 6.07) is 10.3. The normalized spacial score (nSPS) is 12.0. The Kier molecular flexibility index (Phi) is 23.5. The smallest absolute Gasteiger partial charge is 0.243 e. The largest absolute Gasteiger partial charge is 0.504 e. The number of methoxy groups -OCH3 is 2. The first-order valence-corrected chi connectivity index (χ1v) is 19.9. The number of rotatable bonds is 29. The number of nitrogens with zero attached hydrogens (tertiary/aromatic N) is 1. The van der Waals surface area contributed by atoms with Crippen molar-refractivity contribution in [1.82, 2.24) is 10.2 Å². The van der Waals surface area contributed by atoms with E-state index in [1.807, 2.05) is 23.1 Å². The fraction of sp³-hybridized carbons (Fsp3) is 0.591. The summed E-state index contributed by atoms with van der Waals surface area (Å²) >= 11 is 0. The van der Waals surface area contributed by atoms with Crippen LogP contribution in [0.3, 0.4) is 0 Å². The van der Waals surface area contributed by atoms with E-state index in [2.05, 4.69) is 31.3 Å². The molecule has 3 N–H and O–H groups in total. The number of amides is 2. The molecule has 52 heavy (non-hydrogen) atoms. The Balaban J connectivity index is 1.72. The first-order chi connectivity index (χ1) is 25.3. The van der Waals surface area contributed by atoms with Crippen LogP contribution in [0.25, 0.3) is 0 Å². The van der Waals surface area contributed by atoms with Crippen LogP contribution in [-0.4, -0.2) is 47.7 Å². The number of ether oxygens (including phenoxy) is 2. The van der Waals surface area contributed by atoms with Crippen LogP contribution in [0.1, 0.15) is 141 Å². The summed E-state index contributed by atoms with van der Waals surface area (Å²) in [5.74, 6) is 1.27. The molecule has 2 rings (SSSR count). The third kappa shape index (κ3) is 19.6. The molecule has 2 aromatic carbocycles. The van der Waals surface area contributed by atoms with Gasteiger partial charge in [-0.25, -0.2) is 0 Å². The lowest BCUT2D eigenvalue weighted by Gasteiger charge is -2.26. The first-order valence-electron chi connectivity index (χ1n) is 19.9. The summed E-state index contributed by atoms with van der Waals surface area (Å²) in [6.07, 6.45) is 28.6. The highest BCUT2D eigenvalue weighted by Gasteiger charge is 2.18. The van der Waals surface area contributed by atoms with E-state index in [-0.39, 0.29) is 23.3 Å². The van der Waals surface area contributed by atoms with Crippen LogP contribution >= 0.6 is 0 Å². The third-order valence-electron chi connectivity index (χ3n) is 9.45. The highest BCUT2D eigenvalue weighted by Crippen LogP contribution is 2.28. The van der Waals surface area contributed by atoms with Gasteiger partial charge in [0.25, 0.3) is 0 Å². The van der Waals surface area contributed by atoms with Crippen molar-refractivity contribution in [2.75, 3.05) is 20.8 Å². The molecule has 0 fully saturated rings. The van der Waals surface area contributed by atoms with Gasteiger partial charge in [0.2, 0.25) is 11.8 Å². The minimum Gasteiger partial charge on any atom is -0.504 e. The molecule has 290 valence electrons. The SMILES string of the molecule is CCCCCCCCCCC/C=C/CCCCC(=O)N(Cc1ccc(O)c(OC)c1)CC(C)CCCCC=CC(=O)NCc1ccc(O)c(OC)c1. The van der Waals surface area contributed by atoms with E-state index in [0.29, 0.717) is 43.5 Å². The highest BCUT2D eigenvalue weighted by molar-refractivity contribution is 5.87. The molecule has 0 radical (unpaired) electrons. The van der Waals surface area contributed by atoms with Gasteiger partial charge in [-0.2, -0.15) is 0 Å². The van der Waals surface area contributed by atoms with Gasteiger partial charge >= 0.3 is 0 Å². The number of unbranched alkanes of at least 4 members (excludes halogenated alkanes) is 13. The van der Waals surface area contributed by atoms with Gasteiger partial charge < -0.3 is 29.9 Å². The number of phenols is 2. The van der Waals surface area contributed by atoms with Gasteiger partial charge in [0.15, 0.2) is 23.0 Å². The number of benzene rings is 2. The molecule has 2 aromatic rings. The zero-order valence-electron chi connectivity index (χ0n) is 32.7. The van der Waals surface area contributed by atoms with Crippen molar-refractivity contribution in [1.29, 1.82) is 0 Å². The fourth-order valence-electron chi connectivity index (χ4n) is 6.29. The Morgan fingerprint density at radius 3 is 1.90 bits per heavy atom. The standard InChI is InChI=1S/C44H68N2O6/c1-5-6-7-8-9-10-11-12-13-14-15-16-17-18-23-26-44(50)46(35-38-28-30-40(48)42(32-38)52-4)34-36(2)24-21-19-20-22-25-43(49)45-33-37-27-29-39(47)41(31-37)51-3/h15-16,22,25,27-32,36,47-48H,5-14,17-21,23-24,26,33-35H2,1-4H3,(H,45,49)/b16-15+,25-22?. The molecule has 2 amide bonds. The monoisotopic (exact) mass is 721 g/mol. The molecule has 0 saturated carbocycles. The van der Waals surface area contributed by atoms with Gasteiger partial charge in [0, 0.05) is 26.1 Å². The summed E-state index contributed by atoms with van der Waals surface area (Å²) < 4.78 is 10.4. The minimum absolute atomic E-state index is 0.0670. The molecule has 0 aromatic heterocycles. The van der Waals surface area contributed by atoms with Crippen molar-refractivity contribution in [3.8, 4) is 23.0 Å². The first kappa shape index (κ1) is 44.2. The summed E-state index contributed by atoms with van der Waals surface area (Å²) in [7, 11) is 3.03. The number of hydrogen-bond acceptors (Lipinski definition) is 6. The van der Waals surface area contributed by atoms with E-state index in [1.165, 1.54) is 72.0 Å². The van der Waals surface area contributed by atoms with Gasteiger partial charge in [-0.1, -0.05) is 102 Å². The zero-order chi connectivity index (χ0) is 37.8. The lowest BCUT2D eigenvalue weighted by Crippen LogP contribution is -2.34. The van der Waals surface area contributed by atoms with Crippen LogP contribution in [0.4, 0.5) is 0 Å². The Morgan fingerprint density at radius 2 is 1.27 bits per heavy atom. The Labute approximate surface area is 314 Å². The molecule has 8 heteroatoms. The van der Waals surface area contributed by atoms with Crippen molar-refractivity contribution in [2.45, 2.75) is 143 Å². The quantitative estimate of drug-likeness (QED) is 0.0439. The van der Waals surface area contributed by atoms with E-state index < -0.39 is 0 Å². The van der Waals surface area contributed by atoms with Gasteiger partial charge in [-0.15, -0.1) is 0 Å². The summed E-state index contributed by atoms with van der Waals surface area (Å²) in [6.45, 7) is 5.95. The molecule has 0 heterocycles. The van der Waals surface area contributed by atoms with Gasteiger partial charge in [-0.3, -0.25) is 9.59 Å². The summed E-state index contributed by atoms with van der Waals surface area (Å²) in [5.41, 5.74) is 1.78. The number of allylic oxidation sites excluding steroid dienone is 3. The predicted octanol–water partition coefficient (Wildman–Crippen LogP) is 10.6. The van der Waals surface area contributed by atoms with Crippen LogP contribution in [0.2, 0.25) is 0 Å². The molecule has 0 spiro atoms. The average molecular weight is 721 g/mol. The van der Waals surface area contributed by atoms with Gasteiger partial charge in [0.05, 0.1) is 14.2 Å². The maximum absolute atomic E-state index is 13.5. The van der Waals surface area contributed by atoms with Crippen molar-refractivity contribution < 1.29 is 29.3 Å². The molecular formula is C44H68N2O6. The van der Waals surface area contributed by atoms with E-state index in [1.54, 1.807) is 30.3 Å². The second kappa shape index (κ2) is 27.7. The van der Waals surface area contributed by atoms with E-state index >= 15 is 0 Å². The lowest BCUT2D eigenvalue weighted by atomic mass is 10.0. The second-order valence-corrected chi connectivity index (χ2v) is 14.1. The summed E-state index contributed by atoms with van der Waals surface area (Å²) in [4.78, 5) is 27.7. The Morgan fingerprint density at radius 1 is 0.731 bits per heavy atom. The van der Waals surface area contributed by atoms with Crippen molar-refractivity contribution in [3.63, 3.8) is 0 Å². The number of phenolic OH excluding ortho intramolecular Hbond substituents is 2. The maximum atomic E-state index is 13.5. The van der Waals surface area contributed by atoms with Crippen LogP contribution in [0.15, 0.2) is 60.7 Å². The van der Waals surface area contributed by atoms with Crippen LogP contribution in [0.5, 0.6) is 23.0 Å². The molecule has 0 saturated heterocycles. The number of hydrogen-bond donors (Lipinski definition) is 3. The third-order valence-corrected chi connectivity index (χ3v) is 9.45. The molecule has 0 aliphatic heterocycles. The van der Waals surface area contributed by atoms with Gasteiger partial charge in [0.1, 0.15) is 0 Å². The van der Waals surface area contributed by atoms with Crippen LogP contribution in [-0.2, 0) is 22.7 Å². The fourth-order valence-corrected chi connectivity index (χ4v) is 6.29. The molecule has 0 bridgehead atoms. The molecule has 8 nitrogen and oxygen atoms in total. The van der Waals surface area contributed by atoms with E-state index in [4.69, 9.17) is 9.47 Å². The lowest BCUT2D eigenvalue weighted by molar-refractivity contribution is -0.132. The maximum Gasteiger partial charge on any atom is 0.243 e. The molecule has 1 atom stereocenters. The number of carbonyl (C=O) groups excluding carboxylic acids is 2. The molecule has 0 aliphatic carbocycles. The molecular weight excluding hydrogens is 652 g/mol. The molecule has 0 aliphatic rings. The zero-order valence-corrected chi connectivity index (χ0v) is 32.7. The minimum atomic E-state index is -0.162. The number of carbonyl (C=O) groups is 2. The number of aromatic hydroxyl groups is 2. The van der Waals surface area contributed by atoms with E-state index in [9.17, 15) is 19.8 Å². The van der Waals surface area contributed by atoms with E-state index in [0.717, 1.165) is 62.5 Å². The van der Waals surface area contributed by atoms with Crippen molar-refractivity contribution >= 4 is 11.8 Å². The Hall–Kier alpha value is -3.94. The molecule has 1 unspecified atom stereocenters. The number of nitrogens with one attached hydrogen (secondary N) is 1. The topological polar surface area (TPSA) is 108 Å². The van der Waals surface area contributed by atoms with Crippen LogP contribution in [0, 0.1) is 5.92 Å². The van der Waals surface area contributed by atoms with Gasteiger partial charge in [-0.05, 0) is 98.8 Å². The highest BCUT2D eigenvalue weighted by atomic mass is 16.5. The average Bonchev–Trinajstić information content (AvgIpc) is 3.14. The second-order valence-electron chi connectivity index (χ2n) is 14.1. The summed E-state index contributed by atoms with van der Waals surface area (Å²) in [5, 5.41) is 22.7. The van der Waals surface area contributed by atoms with Crippen LogP contribution < -0.4 is 14.8 Å². The Bertz CT molecular complexity index is 1340. The van der Waals surface area contributed by atoms with Crippen molar-refractivity contribution in [2.24, 2.45) is 5.92 Å².